The molecule has 1 atom stereocenters. The average Bonchev–Trinajstić information content (AvgIpc) is 2.17. The van der Waals surface area contributed by atoms with Crippen molar-refractivity contribution in [2.75, 3.05) is 5.32 Å². The van der Waals surface area contributed by atoms with Gasteiger partial charge in [-0.1, -0.05) is 32.0 Å². The monoisotopic (exact) mass is 175 g/mol. The lowest BCUT2D eigenvalue weighted by molar-refractivity contribution is 0.483. The Morgan fingerprint density at radius 2 is 2.08 bits per heavy atom. The first-order valence-electron chi connectivity index (χ1n) is 5.12. The van der Waals surface area contributed by atoms with E-state index in [1.54, 1.807) is 0 Å². The van der Waals surface area contributed by atoms with E-state index in [9.17, 15) is 0 Å². The predicted molar refractivity (Wildman–Crippen MR) is 57.0 cm³/mol. The third-order valence-electron chi connectivity index (χ3n) is 2.89. The van der Waals surface area contributed by atoms with E-state index in [2.05, 4.69) is 43.4 Å². The highest BCUT2D eigenvalue weighted by Crippen LogP contribution is 2.26. The molecule has 1 N–H and O–H groups in total. The van der Waals surface area contributed by atoms with Gasteiger partial charge in [0.05, 0.1) is 0 Å². The van der Waals surface area contributed by atoms with Gasteiger partial charge in [-0.3, -0.25) is 0 Å². The fourth-order valence-corrected chi connectivity index (χ4v) is 1.96. The second kappa shape index (κ2) is 3.41. The molecule has 1 nitrogen and oxygen atoms in total. The van der Waals surface area contributed by atoms with E-state index in [4.69, 9.17) is 0 Å². The highest BCUT2D eigenvalue weighted by Gasteiger charge is 2.19. The Kier molecular flexibility index (Phi) is 2.26. The van der Waals surface area contributed by atoms with Crippen LogP contribution in [0.15, 0.2) is 24.3 Å². The van der Waals surface area contributed by atoms with Crippen molar-refractivity contribution < 1.29 is 0 Å². The van der Waals surface area contributed by atoms with Crippen molar-refractivity contribution >= 4 is 5.69 Å². The number of benzene rings is 1. The van der Waals surface area contributed by atoms with Crippen molar-refractivity contribution in [3.05, 3.63) is 29.8 Å². The van der Waals surface area contributed by atoms with Gasteiger partial charge in [-0.05, 0) is 30.4 Å². The van der Waals surface area contributed by atoms with Gasteiger partial charge in [0, 0.05) is 11.7 Å². The summed E-state index contributed by atoms with van der Waals surface area (Å²) in [6, 6.07) is 9.29. The van der Waals surface area contributed by atoms with Crippen molar-refractivity contribution in [3.63, 3.8) is 0 Å². The van der Waals surface area contributed by atoms with Crippen LogP contribution in [0.1, 0.15) is 25.8 Å². The van der Waals surface area contributed by atoms with Crippen LogP contribution in [0.3, 0.4) is 0 Å². The number of fused-ring (bicyclic) bond motifs is 1. The van der Waals surface area contributed by atoms with Crippen LogP contribution >= 0.6 is 0 Å². The number of nitrogens with one attached hydrogen (secondary N) is 1. The molecule has 0 aromatic heterocycles. The summed E-state index contributed by atoms with van der Waals surface area (Å²) in [7, 11) is 0. The molecule has 0 saturated heterocycles. The Bertz CT molecular complexity index is 291. The molecule has 2 rings (SSSR count). The van der Waals surface area contributed by atoms with Gasteiger partial charge >= 0.3 is 0 Å². The Morgan fingerprint density at radius 1 is 1.31 bits per heavy atom. The number of hydrogen-bond donors (Lipinski definition) is 1. The van der Waals surface area contributed by atoms with E-state index in [0.29, 0.717) is 6.04 Å². The average molecular weight is 175 g/mol. The Labute approximate surface area is 80.2 Å². The molecule has 13 heavy (non-hydrogen) atoms. The largest absolute Gasteiger partial charge is 0.382 e. The minimum absolute atomic E-state index is 0.662. The molecule has 0 fully saturated rings. The third-order valence-corrected chi connectivity index (χ3v) is 2.89. The zero-order valence-corrected chi connectivity index (χ0v) is 8.38. The highest BCUT2D eigenvalue weighted by molar-refractivity contribution is 5.53. The van der Waals surface area contributed by atoms with Gasteiger partial charge < -0.3 is 5.32 Å². The molecule has 1 aromatic rings. The minimum atomic E-state index is 0.662. The van der Waals surface area contributed by atoms with E-state index >= 15 is 0 Å². The van der Waals surface area contributed by atoms with E-state index in [1.807, 2.05) is 0 Å². The Balaban J connectivity index is 2.20. The van der Waals surface area contributed by atoms with Crippen molar-refractivity contribution in [1.82, 2.24) is 0 Å². The standard InChI is InChI=1S/C12H17N/c1-9(2)11-8-7-10-5-3-4-6-12(10)13-11/h3-6,9,11,13H,7-8H2,1-2H3. The van der Waals surface area contributed by atoms with Crippen LogP contribution in [0.25, 0.3) is 0 Å². The van der Waals surface area contributed by atoms with Crippen LogP contribution in [-0.2, 0) is 6.42 Å². The molecule has 0 aliphatic carbocycles. The summed E-state index contributed by atoms with van der Waals surface area (Å²) in [4.78, 5) is 0. The molecule has 1 heterocycles. The fraction of sp³-hybridized carbons (Fsp3) is 0.500. The van der Waals surface area contributed by atoms with Crippen LogP contribution in [0.5, 0.6) is 0 Å². The molecule has 1 aromatic carbocycles. The Morgan fingerprint density at radius 3 is 2.85 bits per heavy atom. The Hall–Kier alpha value is -0.980. The summed E-state index contributed by atoms with van der Waals surface area (Å²) in [5, 5.41) is 3.60. The van der Waals surface area contributed by atoms with Crippen LogP contribution in [0, 0.1) is 5.92 Å². The normalized spacial score (nSPS) is 21.0. The van der Waals surface area contributed by atoms with Gasteiger partial charge in [0.25, 0.3) is 0 Å². The summed E-state index contributed by atoms with van der Waals surface area (Å²) in [5.41, 5.74) is 2.81. The van der Waals surface area contributed by atoms with Gasteiger partial charge in [-0.2, -0.15) is 0 Å². The first kappa shape index (κ1) is 8.61. The molecule has 0 bridgehead atoms. The molecule has 1 unspecified atom stereocenters. The third kappa shape index (κ3) is 1.69. The number of hydrogen-bond acceptors (Lipinski definition) is 1. The summed E-state index contributed by atoms with van der Waals surface area (Å²) in [5.74, 6) is 0.730. The zero-order valence-electron chi connectivity index (χ0n) is 8.38. The van der Waals surface area contributed by atoms with E-state index in [0.717, 1.165) is 5.92 Å². The molecule has 0 radical (unpaired) electrons. The number of anilines is 1. The summed E-state index contributed by atoms with van der Waals surface area (Å²) < 4.78 is 0. The second-order valence-corrected chi connectivity index (χ2v) is 4.19. The molecular formula is C12H17N. The van der Waals surface area contributed by atoms with E-state index in [1.165, 1.54) is 24.1 Å². The maximum atomic E-state index is 3.60. The molecular weight excluding hydrogens is 158 g/mol. The number of rotatable bonds is 1. The molecule has 1 aliphatic rings. The fourth-order valence-electron chi connectivity index (χ4n) is 1.96. The molecule has 1 aliphatic heterocycles. The number of aryl methyl sites for hydroxylation is 1. The summed E-state index contributed by atoms with van der Waals surface area (Å²) in [6.45, 7) is 4.57. The van der Waals surface area contributed by atoms with Crippen molar-refractivity contribution in [2.45, 2.75) is 32.7 Å². The van der Waals surface area contributed by atoms with E-state index < -0.39 is 0 Å². The zero-order chi connectivity index (χ0) is 9.26. The lowest BCUT2D eigenvalue weighted by atomic mass is 9.92. The maximum absolute atomic E-state index is 3.60. The lowest BCUT2D eigenvalue weighted by Gasteiger charge is -2.29. The molecule has 70 valence electrons. The second-order valence-electron chi connectivity index (χ2n) is 4.19. The molecule has 0 saturated carbocycles. The maximum Gasteiger partial charge on any atom is 0.0374 e. The van der Waals surface area contributed by atoms with Gasteiger partial charge in [0.2, 0.25) is 0 Å². The molecule has 0 spiro atoms. The van der Waals surface area contributed by atoms with Gasteiger partial charge in [0.15, 0.2) is 0 Å². The van der Waals surface area contributed by atoms with Gasteiger partial charge in [-0.25, -0.2) is 0 Å². The van der Waals surface area contributed by atoms with E-state index in [-0.39, 0.29) is 0 Å². The van der Waals surface area contributed by atoms with Crippen molar-refractivity contribution in [2.24, 2.45) is 5.92 Å². The highest BCUT2D eigenvalue weighted by atomic mass is 14.9. The van der Waals surface area contributed by atoms with Crippen LogP contribution < -0.4 is 5.32 Å². The van der Waals surface area contributed by atoms with Gasteiger partial charge in [0.1, 0.15) is 0 Å². The molecule has 1 heteroatoms. The minimum Gasteiger partial charge on any atom is -0.382 e. The van der Waals surface area contributed by atoms with Crippen LogP contribution in [0.4, 0.5) is 5.69 Å². The van der Waals surface area contributed by atoms with Crippen molar-refractivity contribution in [1.29, 1.82) is 0 Å². The smallest absolute Gasteiger partial charge is 0.0374 e. The summed E-state index contributed by atoms with van der Waals surface area (Å²) >= 11 is 0. The van der Waals surface area contributed by atoms with Crippen LogP contribution in [0.2, 0.25) is 0 Å². The SMILES string of the molecule is CC(C)C1CCc2ccccc2N1. The first-order chi connectivity index (χ1) is 6.27. The topological polar surface area (TPSA) is 12.0 Å². The number of para-hydroxylation sites is 1. The first-order valence-corrected chi connectivity index (χ1v) is 5.12. The van der Waals surface area contributed by atoms with Crippen LogP contribution in [-0.4, -0.2) is 6.04 Å². The van der Waals surface area contributed by atoms with Crippen molar-refractivity contribution in [3.8, 4) is 0 Å². The van der Waals surface area contributed by atoms with Gasteiger partial charge in [-0.15, -0.1) is 0 Å². The molecule has 0 amide bonds. The predicted octanol–water partition coefficient (Wildman–Crippen LogP) is 3.07. The quantitative estimate of drug-likeness (QED) is 0.691. The summed E-state index contributed by atoms with van der Waals surface area (Å²) in [6.07, 6.45) is 2.50. The lowest BCUT2D eigenvalue weighted by Crippen LogP contribution is -2.30.